The molecule has 0 spiro atoms. The van der Waals surface area contributed by atoms with Gasteiger partial charge in [-0.25, -0.2) is 4.39 Å². The maximum absolute atomic E-state index is 15.5. The van der Waals surface area contributed by atoms with Crippen molar-refractivity contribution in [3.63, 3.8) is 0 Å². The molecule has 9 nitrogen and oxygen atoms in total. The molecule has 1 aliphatic heterocycles. The van der Waals surface area contributed by atoms with Crippen LogP contribution in [0, 0.1) is 5.82 Å². The van der Waals surface area contributed by atoms with Crippen LogP contribution in [-0.2, 0) is 11.3 Å². The zero-order valence-electron chi connectivity index (χ0n) is 20.7. The number of nitrogens with one attached hydrogen (secondary N) is 1. The van der Waals surface area contributed by atoms with Gasteiger partial charge in [-0.2, -0.15) is 13.2 Å². The van der Waals surface area contributed by atoms with E-state index in [2.05, 4.69) is 15.1 Å². The van der Waals surface area contributed by atoms with E-state index in [1.807, 2.05) is 0 Å². The number of ether oxygens (including phenoxy) is 1. The maximum Gasteiger partial charge on any atom is 0.405 e. The summed E-state index contributed by atoms with van der Waals surface area (Å²) in [4.78, 5) is 14.8. The summed E-state index contributed by atoms with van der Waals surface area (Å²) >= 11 is 0. The Hall–Kier alpha value is -3.71. The highest BCUT2D eigenvalue weighted by atomic mass is 19.4. The lowest BCUT2D eigenvalue weighted by atomic mass is 9.98. The lowest BCUT2D eigenvalue weighted by Gasteiger charge is -2.26. The van der Waals surface area contributed by atoms with Crippen molar-refractivity contribution in [2.24, 2.45) is 0 Å². The minimum atomic E-state index is -4.68. The van der Waals surface area contributed by atoms with Crippen molar-refractivity contribution in [3.8, 4) is 28.6 Å². The number of benzene rings is 2. The molecule has 3 aromatic rings. The Morgan fingerprint density at radius 3 is 2.45 bits per heavy atom. The van der Waals surface area contributed by atoms with E-state index in [0.717, 1.165) is 10.6 Å². The fourth-order valence-electron chi connectivity index (χ4n) is 4.18. The Labute approximate surface area is 215 Å². The molecule has 0 aliphatic carbocycles. The molecule has 0 atom stereocenters. The number of aromatic hydroxyl groups is 2. The van der Waals surface area contributed by atoms with Gasteiger partial charge in [0.05, 0.1) is 24.5 Å². The van der Waals surface area contributed by atoms with E-state index in [1.54, 1.807) is 25.2 Å². The van der Waals surface area contributed by atoms with Gasteiger partial charge in [-0.05, 0) is 35.2 Å². The van der Waals surface area contributed by atoms with Crippen LogP contribution in [0.4, 0.5) is 17.6 Å². The topological polar surface area (TPSA) is 113 Å². The van der Waals surface area contributed by atoms with Gasteiger partial charge >= 0.3 is 6.18 Å². The lowest BCUT2D eigenvalue weighted by molar-refractivity contribution is -0.123. The van der Waals surface area contributed by atoms with Crippen LogP contribution in [0.25, 0.3) is 17.1 Å². The number of hydrogen-bond donors (Lipinski definition) is 3. The number of phenolic OH excluding ortho intramolecular Hbond substituents is 2. The number of aromatic nitrogens is 3. The van der Waals surface area contributed by atoms with Crippen molar-refractivity contribution in [1.82, 2.24) is 25.0 Å². The van der Waals surface area contributed by atoms with E-state index in [9.17, 15) is 28.2 Å². The molecule has 0 radical (unpaired) electrons. The molecule has 3 N–H and O–H groups in total. The van der Waals surface area contributed by atoms with Gasteiger partial charge < -0.3 is 20.3 Å². The largest absolute Gasteiger partial charge is 0.508 e. The molecule has 38 heavy (non-hydrogen) atoms. The predicted molar refractivity (Wildman–Crippen MR) is 129 cm³/mol. The molecule has 2 heterocycles. The van der Waals surface area contributed by atoms with Crippen molar-refractivity contribution in [3.05, 3.63) is 53.1 Å². The number of rotatable bonds is 7. The third kappa shape index (κ3) is 6.05. The first-order valence-corrected chi connectivity index (χ1v) is 11.9. The molecule has 4 rings (SSSR count). The quantitative estimate of drug-likeness (QED) is 0.394. The first-order valence-electron chi connectivity index (χ1n) is 11.9. The van der Waals surface area contributed by atoms with Gasteiger partial charge in [0, 0.05) is 25.7 Å². The van der Waals surface area contributed by atoms with Crippen LogP contribution in [0.2, 0.25) is 0 Å². The van der Waals surface area contributed by atoms with Crippen LogP contribution in [-0.4, -0.2) is 74.8 Å². The SMILES string of the molecule is CC(C)c1cc(-c2nnc(C(=O)NCC(F)(F)F)n2-c2ccc(CN3CCOCC3)cc2F)c(O)cc1O. The van der Waals surface area contributed by atoms with E-state index < -0.39 is 36.0 Å². The van der Waals surface area contributed by atoms with Crippen LogP contribution in [0.3, 0.4) is 0 Å². The third-order valence-electron chi connectivity index (χ3n) is 6.09. The van der Waals surface area contributed by atoms with Crippen molar-refractivity contribution in [2.45, 2.75) is 32.5 Å². The smallest absolute Gasteiger partial charge is 0.405 e. The second-order valence-corrected chi connectivity index (χ2v) is 9.24. The average Bonchev–Trinajstić information content (AvgIpc) is 3.27. The minimum absolute atomic E-state index is 0.00525. The summed E-state index contributed by atoms with van der Waals surface area (Å²) < 4.78 is 60.1. The first-order chi connectivity index (χ1) is 17.9. The summed E-state index contributed by atoms with van der Waals surface area (Å²) in [6.45, 7) is 4.90. The molecular weight excluding hydrogens is 510 g/mol. The highest BCUT2D eigenvalue weighted by Crippen LogP contribution is 2.38. The van der Waals surface area contributed by atoms with Crippen molar-refractivity contribution in [2.75, 3.05) is 32.8 Å². The summed E-state index contributed by atoms with van der Waals surface area (Å²) in [5, 5.41) is 30.2. The Morgan fingerprint density at radius 1 is 1.11 bits per heavy atom. The number of carbonyl (C=O) groups is 1. The molecule has 1 aliphatic rings. The van der Waals surface area contributed by atoms with E-state index in [-0.39, 0.29) is 28.7 Å². The number of carbonyl (C=O) groups excluding carboxylic acids is 1. The molecular formula is C25H27F4N5O4. The molecule has 1 fully saturated rings. The van der Waals surface area contributed by atoms with Crippen LogP contribution in [0.5, 0.6) is 11.5 Å². The number of hydrogen-bond acceptors (Lipinski definition) is 7. The Kier molecular flexibility index (Phi) is 7.88. The van der Waals surface area contributed by atoms with E-state index in [4.69, 9.17) is 4.74 Å². The molecule has 13 heteroatoms. The molecule has 1 amide bonds. The lowest BCUT2D eigenvalue weighted by Crippen LogP contribution is -2.35. The summed E-state index contributed by atoms with van der Waals surface area (Å²) in [5.41, 5.74) is 0.870. The molecule has 0 saturated carbocycles. The van der Waals surface area contributed by atoms with E-state index in [0.29, 0.717) is 44.0 Å². The molecule has 204 valence electrons. The zero-order valence-corrected chi connectivity index (χ0v) is 20.7. The van der Waals surface area contributed by atoms with Crippen LogP contribution in [0.15, 0.2) is 30.3 Å². The summed E-state index contributed by atoms with van der Waals surface area (Å²) in [5.74, 6) is -3.62. The first kappa shape index (κ1) is 27.3. The average molecular weight is 538 g/mol. The van der Waals surface area contributed by atoms with E-state index in [1.165, 1.54) is 18.2 Å². The predicted octanol–water partition coefficient (Wildman–Crippen LogP) is 3.73. The van der Waals surface area contributed by atoms with Crippen LogP contribution < -0.4 is 5.32 Å². The van der Waals surface area contributed by atoms with Gasteiger partial charge in [0.25, 0.3) is 5.91 Å². The number of morpholine rings is 1. The highest BCUT2D eigenvalue weighted by molar-refractivity contribution is 5.92. The van der Waals surface area contributed by atoms with Crippen LogP contribution in [0.1, 0.15) is 41.5 Å². The van der Waals surface area contributed by atoms with Crippen LogP contribution >= 0.6 is 0 Å². The van der Waals surface area contributed by atoms with Gasteiger partial charge in [0.15, 0.2) is 5.82 Å². The van der Waals surface area contributed by atoms with Gasteiger partial charge in [-0.1, -0.05) is 19.9 Å². The van der Waals surface area contributed by atoms with Gasteiger partial charge in [-0.15, -0.1) is 10.2 Å². The zero-order chi connectivity index (χ0) is 27.6. The Morgan fingerprint density at radius 2 is 1.82 bits per heavy atom. The number of halogens is 4. The molecule has 0 unspecified atom stereocenters. The summed E-state index contributed by atoms with van der Waals surface area (Å²) in [6, 6.07) is 6.76. The Balaban J connectivity index is 1.80. The van der Waals surface area contributed by atoms with Crippen molar-refractivity contribution < 1.29 is 37.3 Å². The minimum Gasteiger partial charge on any atom is -0.508 e. The van der Waals surface area contributed by atoms with Crippen molar-refractivity contribution >= 4 is 5.91 Å². The van der Waals surface area contributed by atoms with E-state index >= 15 is 4.39 Å². The molecule has 0 bridgehead atoms. The standard InChI is InChI=1S/C25H27F4N5O4/c1-14(2)16-10-17(21(36)11-20(16)35)22-31-32-23(24(37)30-13-25(27,28)29)34(22)19-4-3-15(9-18(19)26)12-33-5-7-38-8-6-33/h3-4,9-11,14,35-36H,5-8,12-13H2,1-2H3,(H,30,37). The fourth-order valence-corrected chi connectivity index (χ4v) is 4.18. The number of amides is 1. The summed E-state index contributed by atoms with van der Waals surface area (Å²) in [7, 11) is 0. The van der Waals surface area contributed by atoms with Crippen molar-refractivity contribution in [1.29, 1.82) is 0 Å². The molecule has 1 aromatic heterocycles. The molecule has 2 aromatic carbocycles. The highest BCUT2D eigenvalue weighted by Gasteiger charge is 2.31. The monoisotopic (exact) mass is 537 g/mol. The number of phenols is 2. The molecule has 1 saturated heterocycles. The van der Waals surface area contributed by atoms with Gasteiger partial charge in [0.1, 0.15) is 23.9 Å². The fraction of sp³-hybridized carbons (Fsp3) is 0.400. The van der Waals surface area contributed by atoms with Gasteiger partial charge in [-0.3, -0.25) is 14.3 Å². The van der Waals surface area contributed by atoms with Gasteiger partial charge in [0.2, 0.25) is 5.82 Å². The normalized spacial score (nSPS) is 14.7. The summed E-state index contributed by atoms with van der Waals surface area (Å²) in [6.07, 6.45) is -4.68. The second kappa shape index (κ2) is 11.0. The number of nitrogens with zero attached hydrogens (tertiary/aromatic N) is 4. The Bertz CT molecular complexity index is 1320. The second-order valence-electron chi connectivity index (χ2n) is 9.24. The maximum atomic E-state index is 15.5. The third-order valence-corrected chi connectivity index (χ3v) is 6.09. The number of alkyl halides is 3.